The molecule has 0 N–H and O–H groups in total. The summed E-state index contributed by atoms with van der Waals surface area (Å²) in [5, 5.41) is 9.77. The molecule has 2 nitrogen and oxygen atoms in total. The largest absolute Gasteiger partial charge is 0.456 e. The van der Waals surface area contributed by atoms with Crippen LogP contribution in [0.3, 0.4) is 0 Å². The van der Waals surface area contributed by atoms with Crippen LogP contribution in [-0.4, -0.2) is 0 Å². The molecule has 13 rings (SSSR count). The maximum atomic E-state index is 6.35. The number of anilines is 3. The lowest BCUT2D eigenvalue weighted by Crippen LogP contribution is -2.10. The predicted octanol–water partition coefficient (Wildman–Crippen LogP) is 18.9. The number of hydrogen-bond acceptors (Lipinski definition) is 2. The van der Waals surface area contributed by atoms with E-state index in [0.717, 1.165) is 55.7 Å². The molecule has 1 heterocycles. The summed E-state index contributed by atoms with van der Waals surface area (Å²) in [7, 11) is 0. The van der Waals surface area contributed by atoms with Gasteiger partial charge >= 0.3 is 0 Å². The Morgan fingerprint density at radius 3 is 1.40 bits per heavy atom. The Morgan fingerprint density at radius 1 is 0.250 bits per heavy atom. The minimum absolute atomic E-state index is 0.887. The topological polar surface area (TPSA) is 16.4 Å². The zero-order valence-corrected chi connectivity index (χ0v) is 37.2. The van der Waals surface area contributed by atoms with Crippen LogP contribution < -0.4 is 4.90 Å². The molecular weight excluding hydrogens is 823 g/mol. The highest BCUT2D eigenvalue weighted by Gasteiger charge is 2.20. The third kappa shape index (κ3) is 6.73. The molecule has 0 fully saturated rings. The molecule has 0 unspecified atom stereocenters. The third-order valence-corrected chi connectivity index (χ3v) is 13.7. The highest BCUT2D eigenvalue weighted by Crippen LogP contribution is 2.46. The van der Waals surface area contributed by atoms with Gasteiger partial charge in [-0.2, -0.15) is 0 Å². The van der Waals surface area contributed by atoms with Crippen molar-refractivity contribution in [1.82, 2.24) is 0 Å². The minimum atomic E-state index is 0.887. The first-order chi connectivity index (χ1) is 33.7. The Kier molecular flexibility index (Phi) is 9.54. The molecule has 0 bridgehead atoms. The molecular formula is C66H43NO. The van der Waals surface area contributed by atoms with E-state index in [9.17, 15) is 0 Å². The van der Waals surface area contributed by atoms with Gasteiger partial charge in [-0.05, 0) is 136 Å². The third-order valence-electron chi connectivity index (χ3n) is 13.7. The maximum absolute atomic E-state index is 6.35. The Labute approximate surface area is 395 Å². The van der Waals surface area contributed by atoms with Crippen molar-refractivity contribution in [3.8, 4) is 55.6 Å². The molecule has 2 heteroatoms. The van der Waals surface area contributed by atoms with Crippen LogP contribution in [-0.2, 0) is 0 Å². The van der Waals surface area contributed by atoms with E-state index in [-0.39, 0.29) is 0 Å². The number of nitrogens with zero attached hydrogens (tertiary/aromatic N) is 1. The summed E-state index contributed by atoms with van der Waals surface area (Å²) in [6.07, 6.45) is 0. The SMILES string of the molecule is c1ccc(-c2c(-c3ccc(N(c4ccc(-c5ccc(-c6cccc7ccccc67)cc5)cc4)c4cccc(-c5cccc6oc7ccccc7c56)c4)cc3)c3ccccc3c3ccccc23)cc1. The van der Waals surface area contributed by atoms with Crippen LogP contribution in [0.1, 0.15) is 0 Å². The molecule has 0 amide bonds. The average molecular weight is 866 g/mol. The first-order valence-electron chi connectivity index (χ1n) is 23.3. The average Bonchev–Trinajstić information content (AvgIpc) is 3.80. The first kappa shape index (κ1) is 39.4. The van der Waals surface area contributed by atoms with E-state index >= 15 is 0 Å². The van der Waals surface area contributed by atoms with Gasteiger partial charge in [0.1, 0.15) is 11.2 Å². The highest BCUT2D eigenvalue weighted by atomic mass is 16.3. The number of rotatable bonds is 8. The summed E-state index contributed by atoms with van der Waals surface area (Å²) in [5.74, 6) is 0. The molecule has 1 aromatic heterocycles. The van der Waals surface area contributed by atoms with Crippen LogP contribution in [0.15, 0.2) is 265 Å². The van der Waals surface area contributed by atoms with E-state index in [1.54, 1.807) is 0 Å². The van der Waals surface area contributed by atoms with Gasteiger partial charge in [0.05, 0.1) is 0 Å². The summed E-state index contributed by atoms with van der Waals surface area (Å²) >= 11 is 0. The molecule has 0 saturated carbocycles. The summed E-state index contributed by atoms with van der Waals surface area (Å²) in [5.41, 5.74) is 16.9. The van der Waals surface area contributed by atoms with Crippen molar-refractivity contribution >= 4 is 71.3 Å². The molecule has 0 radical (unpaired) electrons. The van der Waals surface area contributed by atoms with E-state index in [0.29, 0.717) is 0 Å². The minimum Gasteiger partial charge on any atom is -0.456 e. The molecule has 0 spiro atoms. The van der Waals surface area contributed by atoms with Gasteiger partial charge in [-0.3, -0.25) is 0 Å². The number of furan rings is 1. The van der Waals surface area contributed by atoms with Crippen LogP contribution in [0.2, 0.25) is 0 Å². The van der Waals surface area contributed by atoms with Gasteiger partial charge in [-0.15, -0.1) is 0 Å². The van der Waals surface area contributed by atoms with Gasteiger partial charge in [0.15, 0.2) is 0 Å². The van der Waals surface area contributed by atoms with Crippen molar-refractivity contribution in [2.45, 2.75) is 0 Å². The molecule has 0 saturated heterocycles. The Morgan fingerprint density at radius 2 is 0.706 bits per heavy atom. The summed E-state index contributed by atoms with van der Waals surface area (Å²) in [4.78, 5) is 2.38. The second-order valence-corrected chi connectivity index (χ2v) is 17.6. The van der Waals surface area contributed by atoms with E-state index < -0.39 is 0 Å². The monoisotopic (exact) mass is 865 g/mol. The van der Waals surface area contributed by atoms with Crippen molar-refractivity contribution in [1.29, 1.82) is 0 Å². The second-order valence-electron chi connectivity index (χ2n) is 17.6. The van der Waals surface area contributed by atoms with Gasteiger partial charge in [-0.25, -0.2) is 0 Å². The zero-order valence-electron chi connectivity index (χ0n) is 37.2. The van der Waals surface area contributed by atoms with Crippen LogP contribution in [0.4, 0.5) is 17.1 Å². The lowest BCUT2D eigenvalue weighted by Gasteiger charge is -2.27. The summed E-state index contributed by atoms with van der Waals surface area (Å²) < 4.78 is 6.35. The molecule has 0 aliphatic heterocycles. The predicted molar refractivity (Wildman–Crippen MR) is 288 cm³/mol. The van der Waals surface area contributed by atoms with Crippen LogP contribution in [0.5, 0.6) is 0 Å². The number of para-hydroxylation sites is 1. The van der Waals surface area contributed by atoms with Gasteiger partial charge in [0, 0.05) is 27.8 Å². The molecule has 12 aromatic carbocycles. The first-order valence-corrected chi connectivity index (χ1v) is 23.3. The van der Waals surface area contributed by atoms with Gasteiger partial charge in [0.2, 0.25) is 0 Å². The van der Waals surface area contributed by atoms with Crippen LogP contribution >= 0.6 is 0 Å². The fourth-order valence-electron chi connectivity index (χ4n) is 10.5. The Hall–Kier alpha value is -8.98. The lowest BCUT2D eigenvalue weighted by atomic mass is 9.85. The van der Waals surface area contributed by atoms with Crippen LogP contribution in [0.25, 0.3) is 110 Å². The van der Waals surface area contributed by atoms with Crippen molar-refractivity contribution in [2.24, 2.45) is 0 Å². The zero-order chi connectivity index (χ0) is 45.0. The van der Waals surface area contributed by atoms with Crippen molar-refractivity contribution in [2.75, 3.05) is 4.90 Å². The van der Waals surface area contributed by atoms with Crippen molar-refractivity contribution < 1.29 is 4.42 Å². The summed E-state index contributed by atoms with van der Waals surface area (Å²) in [6.45, 7) is 0. The second kappa shape index (κ2) is 16.5. The van der Waals surface area contributed by atoms with Gasteiger partial charge in [0.25, 0.3) is 0 Å². The summed E-state index contributed by atoms with van der Waals surface area (Å²) in [6, 6.07) is 94.4. The quantitative estimate of drug-likeness (QED) is 0.142. The fraction of sp³-hybridized carbons (Fsp3) is 0. The highest BCUT2D eigenvalue weighted by molar-refractivity contribution is 6.21. The standard InChI is InChI=1S/C66H43NO/c1-2-16-48(17-3-1)64-59-24-8-6-22-57(59)58-23-7-9-25-60(58)65(64)49-37-41-52(42-38-49)67(53-20-12-19-50(43-53)56-28-14-30-63-66(56)61-26-10-11-29-62(61)68-63)51-39-35-45(36-40-51)44-31-33-47(34-32-44)55-27-13-18-46-15-4-5-21-54(46)55/h1-43H. The van der Waals surface area contributed by atoms with Crippen LogP contribution in [0, 0.1) is 0 Å². The molecule has 68 heavy (non-hydrogen) atoms. The van der Waals surface area contributed by atoms with E-state index in [4.69, 9.17) is 4.42 Å². The van der Waals surface area contributed by atoms with Gasteiger partial charge in [-0.1, -0.05) is 212 Å². The van der Waals surface area contributed by atoms with E-state index in [1.165, 1.54) is 71.3 Å². The number of hydrogen-bond donors (Lipinski definition) is 0. The number of fused-ring (bicyclic) bond motifs is 7. The maximum Gasteiger partial charge on any atom is 0.136 e. The fourth-order valence-corrected chi connectivity index (χ4v) is 10.5. The van der Waals surface area contributed by atoms with E-state index in [2.05, 4.69) is 254 Å². The van der Waals surface area contributed by atoms with E-state index in [1.807, 2.05) is 12.1 Å². The molecule has 0 aliphatic rings. The molecule has 318 valence electrons. The Bertz CT molecular complexity index is 3990. The lowest BCUT2D eigenvalue weighted by molar-refractivity contribution is 0.669. The Balaban J connectivity index is 0.937. The normalized spacial score (nSPS) is 11.5. The van der Waals surface area contributed by atoms with Crippen molar-refractivity contribution in [3.05, 3.63) is 261 Å². The molecule has 13 aromatic rings. The van der Waals surface area contributed by atoms with Gasteiger partial charge < -0.3 is 9.32 Å². The number of benzene rings is 12. The smallest absolute Gasteiger partial charge is 0.136 e. The molecule has 0 atom stereocenters. The van der Waals surface area contributed by atoms with Crippen molar-refractivity contribution in [3.63, 3.8) is 0 Å². The molecule has 0 aliphatic carbocycles.